The molecule has 11 aromatic rings. The van der Waals surface area contributed by atoms with Gasteiger partial charge in [-0.2, -0.15) is 0 Å². The Balaban J connectivity index is 1.17. The van der Waals surface area contributed by atoms with Crippen LogP contribution in [0.4, 0.5) is 17.1 Å². The summed E-state index contributed by atoms with van der Waals surface area (Å²) in [5.74, 6) is 0. The van der Waals surface area contributed by atoms with E-state index < -0.39 is 0 Å². The first-order valence-electron chi connectivity index (χ1n) is 18.7. The van der Waals surface area contributed by atoms with Gasteiger partial charge in [-0.3, -0.25) is 0 Å². The van der Waals surface area contributed by atoms with Crippen LogP contribution in [0.15, 0.2) is 194 Å². The lowest BCUT2D eigenvalue weighted by atomic mass is 9.94. The van der Waals surface area contributed by atoms with Crippen molar-refractivity contribution in [3.63, 3.8) is 0 Å². The number of hydrogen-bond acceptors (Lipinski definition) is 1. The van der Waals surface area contributed by atoms with Gasteiger partial charge in [-0.05, 0) is 109 Å². The minimum Gasteiger partial charge on any atom is -0.310 e. The van der Waals surface area contributed by atoms with Gasteiger partial charge in [0.2, 0.25) is 0 Å². The summed E-state index contributed by atoms with van der Waals surface area (Å²) in [6.07, 6.45) is 0. The van der Waals surface area contributed by atoms with Crippen molar-refractivity contribution in [1.82, 2.24) is 4.57 Å². The Morgan fingerprint density at radius 2 is 0.944 bits per heavy atom. The van der Waals surface area contributed by atoms with E-state index in [1.165, 1.54) is 92.8 Å². The Morgan fingerprint density at radius 1 is 0.333 bits per heavy atom. The number of fused-ring (bicyclic) bond motifs is 10. The quantitative estimate of drug-likeness (QED) is 0.168. The van der Waals surface area contributed by atoms with Gasteiger partial charge in [0.15, 0.2) is 0 Å². The minimum absolute atomic E-state index is 1.11. The number of rotatable bonds is 4. The number of para-hydroxylation sites is 1. The Bertz CT molecular complexity index is 3350. The smallest absolute Gasteiger partial charge is 0.0561 e. The second-order valence-corrected chi connectivity index (χ2v) is 14.5. The lowest BCUT2D eigenvalue weighted by molar-refractivity contribution is 1.18. The molecular formula is C52H32N2. The van der Waals surface area contributed by atoms with Crippen LogP contribution in [0.3, 0.4) is 0 Å². The molecule has 0 aliphatic heterocycles. The molecule has 12 rings (SSSR count). The van der Waals surface area contributed by atoms with Crippen LogP contribution in [0.1, 0.15) is 0 Å². The van der Waals surface area contributed by atoms with Crippen LogP contribution in [0.25, 0.3) is 92.8 Å². The summed E-state index contributed by atoms with van der Waals surface area (Å²) in [5.41, 5.74) is 12.1. The van der Waals surface area contributed by atoms with E-state index in [2.05, 4.69) is 204 Å². The molecule has 0 amide bonds. The molecule has 1 aliphatic rings. The zero-order valence-electron chi connectivity index (χ0n) is 29.4. The van der Waals surface area contributed by atoms with E-state index in [-0.39, 0.29) is 0 Å². The van der Waals surface area contributed by atoms with Gasteiger partial charge in [0.05, 0.1) is 16.7 Å². The Labute approximate surface area is 312 Å². The number of hydrogen-bond donors (Lipinski definition) is 0. The summed E-state index contributed by atoms with van der Waals surface area (Å²) in [5, 5.41) is 12.6. The third kappa shape index (κ3) is 4.17. The third-order valence-corrected chi connectivity index (χ3v) is 11.6. The van der Waals surface area contributed by atoms with Crippen LogP contribution in [0, 0.1) is 0 Å². The van der Waals surface area contributed by atoms with Crippen molar-refractivity contribution in [2.24, 2.45) is 0 Å². The van der Waals surface area contributed by atoms with Crippen LogP contribution < -0.4 is 4.90 Å². The Morgan fingerprint density at radius 3 is 1.80 bits per heavy atom. The standard InChI is InChI=1S/C52H32N2/c1-3-13-35-30-39(25-23-33(35)11-1)53(48-22-10-20-46-45-19-9-16-38-29-37-15-5-6-17-42(37)52(50(38)45)51(46)48)41-27-28-44-43-18-7-8-21-47(43)54(49(44)32-41)40-26-24-34-12-2-4-14-36(34)31-40/h1-32H. The SMILES string of the molecule is c1cc2c(c(N(c3ccc4ccccc4c3)c3ccc4c5ccccc5n(-c5ccc6ccccc6c5)c4c3)c1)-c1c3ccccc3cc3cccc-2c13. The molecule has 1 aromatic heterocycles. The van der Waals surface area contributed by atoms with Crippen LogP contribution in [0.2, 0.25) is 0 Å². The first-order chi connectivity index (χ1) is 26.8. The molecule has 54 heavy (non-hydrogen) atoms. The van der Waals surface area contributed by atoms with Crippen molar-refractivity contribution in [2.75, 3.05) is 4.90 Å². The zero-order valence-corrected chi connectivity index (χ0v) is 29.4. The van der Waals surface area contributed by atoms with Gasteiger partial charge < -0.3 is 9.47 Å². The molecule has 0 fully saturated rings. The van der Waals surface area contributed by atoms with E-state index in [9.17, 15) is 0 Å². The van der Waals surface area contributed by atoms with Gasteiger partial charge in [-0.1, -0.05) is 140 Å². The average Bonchev–Trinajstić information content (AvgIpc) is 3.75. The van der Waals surface area contributed by atoms with Crippen molar-refractivity contribution in [3.8, 4) is 27.9 Å². The molecule has 0 N–H and O–H groups in total. The fourth-order valence-corrected chi connectivity index (χ4v) is 9.26. The topological polar surface area (TPSA) is 8.17 Å². The maximum Gasteiger partial charge on any atom is 0.0561 e. The van der Waals surface area contributed by atoms with Crippen molar-refractivity contribution in [1.29, 1.82) is 0 Å². The molecule has 0 atom stereocenters. The molecule has 0 radical (unpaired) electrons. The highest BCUT2D eigenvalue weighted by Crippen LogP contribution is 2.56. The highest BCUT2D eigenvalue weighted by Gasteiger charge is 2.29. The summed E-state index contributed by atoms with van der Waals surface area (Å²) >= 11 is 0. The maximum atomic E-state index is 2.49. The molecule has 0 saturated carbocycles. The molecule has 2 nitrogen and oxygen atoms in total. The molecular weight excluding hydrogens is 653 g/mol. The van der Waals surface area contributed by atoms with Gasteiger partial charge in [0, 0.05) is 39.0 Å². The molecule has 0 bridgehead atoms. The molecule has 10 aromatic carbocycles. The van der Waals surface area contributed by atoms with E-state index in [0.717, 1.165) is 17.1 Å². The van der Waals surface area contributed by atoms with E-state index in [1.807, 2.05) is 0 Å². The molecule has 0 spiro atoms. The summed E-state index contributed by atoms with van der Waals surface area (Å²) in [4.78, 5) is 2.49. The fourth-order valence-electron chi connectivity index (χ4n) is 9.26. The summed E-state index contributed by atoms with van der Waals surface area (Å²) in [6, 6.07) is 71.7. The third-order valence-electron chi connectivity index (χ3n) is 11.6. The van der Waals surface area contributed by atoms with Gasteiger partial charge in [-0.25, -0.2) is 0 Å². The maximum absolute atomic E-state index is 2.49. The number of anilines is 3. The number of nitrogens with zero attached hydrogens (tertiary/aromatic N) is 2. The first kappa shape index (κ1) is 29.4. The first-order valence-corrected chi connectivity index (χ1v) is 18.7. The largest absolute Gasteiger partial charge is 0.310 e. The molecule has 1 heterocycles. The number of benzene rings is 10. The van der Waals surface area contributed by atoms with Crippen molar-refractivity contribution >= 4 is 82.0 Å². The number of aromatic nitrogens is 1. The summed E-state index contributed by atoms with van der Waals surface area (Å²) < 4.78 is 2.44. The molecule has 250 valence electrons. The van der Waals surface area contributed by atoms with Gasteiger partial charge in [0.25, 0.3) is 0 Å². The van der Waals surface area contributed by atoms with E-state index in [1.54, 1.807) is 0 Å². The van der Waals surface area contributed by atoms with Gasteiger partial charge in [0.1, 0.15) is 0 Å². The van der Waals surface area contributed by atoms with Crippen molar-refractivity contribution in [3.05, 3.63) is 194 Å². The lowest BCUT2D eigenvalue weighted by Gasteiger charge is -2.29. The van der Waals surface area contributed by atoms with Gasteiger partial charge >= 0.3 is 0 Å². The summed E-state index contributed by atoms with van der Waals surface area (Å²) in [7, 11) is 0. The molecule has 1 aliphatic carbocycles. The van der Waals surface area contributed by atoms with Crippen LogP contribution in [-0.2, 0) is 0 Å². The van der Waals surface area contributed by atoms with Crippen molar-refractivity contribution < 1.29 is 0 Å². The van der Waals surface area contributed by atoms with E-state index in [4.69, 9.17) is 0 Å². The van der Waals surface area contributed by atoms with Crippen molar-refractivity contribution in [2.45, 2.75) is 0 Å². The Hall–Kier alpha value is -7.16. The highest BCUT2D eigenvalue weighted by molar-refractivity contribution is 6.26. The molecule has 0 saturated heterocycles. The average molecular weight is 685 g/mol. The predicted molar refractivity (Wildman–Crippen MR) is 230 cm³/mol. The normalized spacial score (nSPS) is 12.1. The van der Waals surface area contributed by atoms with Crippen LogP contribution >= 0.6 is 0 Å². The zero-order chi connectivity index (χ0) is 35.3. The van der Waals surface area contributed by atoms with E-state index >= 15 is 0 Å². The fraction of sp³-hybridized carbons (Fsp3) is 0. The van der Waals surface area contributed by atoms with Crippen LogP contribution in [-0.4, -0.2) is 4.57 Å². The van der Waals surface area contributed by atoms with E-state index in [0.29, 0.717) is 0 Å². The molecule has 0 unspecified atom stereocenters. The van der Waals surface area contributed by atoms with Crippen LogP contribution in [0.5, 0.6) is 0 Å². The monoisotopic (exact) mass is 684 g/mol. The lowest BCUT2D eigenvalue weighted by Crippen LogP contribution is -2.11. The highest BCUT2D eigenvalue weighted by atomic mass is 15.1. The second kappa shape index (κ2) is 11.2. The summed E-state index contributed by atoms with van der Waals surface area (Å²) in [6.45, 7) is 0. The predicted octanol–water partition coefficient (Wildman–Crippen LogP) is 14.5. The van der Waals surface area contributed by atoms with Gasteiger partial charge in [-0.15, -0.1) is 0 Å². The minimum atomic E-state index is 1.11. The second-order valence-electron chi connectivity index (χ2n) is 14.5. The molecule has 2 heteroatoms. The Kier molecular flexibility index (Phi) is 6.09.